The van der Waals surface area contributed by atoms with Crippen molar-refractivity contribution in [2.45, 2.75) is 52.5 Å². The van der Waals surface area contributed by atoms with E-state index in [1.54, 1.807) is 0 Å². The maximum atomic E-state index is 12.8. The first-order valence-corrected chi connectivity index (χ1v) is 7.24. The SMILES string of the molecule is CCC(C)C1(C)NC(=O)C(c2ccc(C)cc2C)C1=O. The molecule has 1 fully saturated rings. The second-order valence-electron chi connectivity index (χ2n) is 6.16. The van der Waals surface area contributed by atoms with Gasteiger partial charge >= 0.3 is 0 Å². The Hall–Kier alpha value is -1.64. The topological polar surface area (TPSA) is 46.2 Å². The van der Waals surface area contributed by atoms with E-state index in [1.165, 1.54) is 0 Å². The molecule has 1 amide bonds. The summed E-state index contributed by atoms with van der Waals surface area (Å²) in [5, 5.41) is 2.93. The molecule has 3 atom stereocenters. The third kappa shape index (κ3) is 2.15. The van der Waals surface area contributed by atoms with E-state index < -0.39 is 11.5 Å². The Morgan fingerprint density at radius 2 is 1.95 bits per heavy atom. The summed E-state index contributed by atoms with van der Waals surface area (Å²) in [4.78, 5) is 25.1. The van der Waals surface area contributed by atoms with Crippen molar-refractivity contribution in [3.8, 4) is 0 Å². The quantitative estimate of drug-likeness (QED) is 0.861. The van der Waals surface area contributed by atoms with E-state index in [9.17, 15) is 9.59 Å². The number of aryl methyl sites for hydroxylation is 2. The standard InChI is InChI=1S/C17H23NO2/c1-6-12(4)17(5)15(19)14(16(20)18-17)13-8-7-10(2)9-11(13)3/h7-9,12,14H,6H2,1-5H3,(H,18,20). The number of hydrogen-bond donors (Lipinski definition) is 1. The number of hydrogen-bond acceptors (Lipinski definition) is 2. The van der Waals surface area contributed by atoms with Crippen LogP contribution in [0.2, 0.25) is 0 Å². The molecule has 2 rings (SSSR count). The van der Waals surface area contributed by atoms with Crippen LogP contribution in [-0.4, -0.2) is 17.2 Å². The number of ketones is 1. The number of amides is 1. The Kier molecular flexibility index (Phi) is 3.72. The lowest BCUT2D eigenvalue weighted by Crippen LogP contribution is -2.48. The molecular weight excluding hydrogens is 250 g/mol. The van der Waals surface area contributed by atoms with E-state index in [-0.39, 0.29) is 17.6 Å². The van der Waals surface area contributed by atoms with E-state index in [0.29, 0.717) is 0 Å². The fourth-order valence-electron chi connectivity index (χ4n) is 3.01. The molecule has 1 heterocycles. The summed E-state index contributed by atoms with van der Waals surface area (Å²) in [5.41, 5.74) is 2.24. The van der Waals surface area contributed by atoms with Crippen molar-refractivity contribution in [1.29, 1.82) is 0 Å². The number of Topliss-reactive ketones (excluding diaryl/α,β-unsaturated/α-hetero) is 1. The summed E-state index contributed by atoms with van der Waals surface area (Å²) < 4.78 is 0. The lowest BCUT2D eigenvalue weighted by molar-refractivity contribution is -0.125. The van der Waals surface area contributed by atoms with Gasteiger partial charge in [0, 0.05) is 0 Å². The van der Waals surface area contributed by atoms with E-state index in [2.05, 4.69) is 5.32 Å². The Morgan fingerprint density at radius 3 is 2.50 bits per heavy atom. The first kappa shape index (κ1) is 14.8. The van der Waals surface area contributed by atoms with Gasteiger partial charge in [0.2, 0.25) is 5.91 Å². The normalized spacial score (nSPS) is 27.6. The van der Waals surface area contributed by atoms with Gasteiger partial charge in [-0.15, -0.1) is 0 Å². The van der Waals surface area contributed by atoms with Crippen LogP contribution in [0, 0.1) is 19.8 Å². The Labute approximate surface area is 120 Å². The highest BCUT2D eigenvalue weighted by atomic mass is 16.2. The predicted octanol–water partition coefficient (Wildman–Crippen LogP) is 2.89. The molecule has 1 saturated heterocycles. The molecule has 20 heavy (non-hydrogen) atoms. The molecule has 3 nitrogen and oxygen atoms in total. The van der Waals surface area contributed by atoms with Crippen molar-refractivity contribution in [1.82, 2.24) is 5.32 Å². The number of rotatable bonds is 3. The van der Waals surface area contributed by atoms with Gasteiger partial charge in [-0.25, -0.2) is 0 Å². The monoisotopic (exact) mass is 273 g/mol. The van der Waals surface area contributed by atoms with Crippen LogP contribution in [0.3, 0.4) is 0 Å². The van der Waals surface area contributed by atoms with Crippen molar-refractivity contribution in [2.75, 3.05) is 0 Å². The van der Waals surface area contributed by atoms with Gasteiger partial charge in [-0.1, -0.05) is 44.0 Å². The van der Waals surface area contributed by atoms with Crippen molar-refractivity contribution in [3.05, 3.63) is 34.9 Å². The lowest BCUT2D eigenvalue weighted by Gasteiger charge is -2.29. The average Bonchev–Trinajstić information content (AvgIpc) is 2.61. The smallest absolute Gasteiger partial charge is 0.235 e. The molecule has 0 radical (unpaired) electrons. The van der Waals surface area contributed by atoms with Gasteiger partial charge in [0.25, 0.3) is 0 Å². The van der Waals surface area contributed by atoms with Crippen LogP contribution in [0.15, 0.2) is 18.2 Å². The van der Waals surface area contributed by atoms with Crippen LogP contribution >= 0.6 is 0 Å². The summed E-state index contributed by atoms with van der Waals surface area (Å²) in [6.45, 7) is 9.88. The third-order valence-electron chi connectivity index (χ3n) is 4.75. The fourth-order valence-corrected chi connectivity index (χ4v) is 3.01. The highest BCUT2D eigenvalue weighted by Gasteiger charge is 2.52. The molecular formula is C17H23NO2. The molecule has 1 aliphatic rings. The summed E-state index contributed by atoms with van der Waals surface area (Å²) >= 11 is 0. The highest BCUT2D eigenvalue weighted by molar-refractivity contribution is 6.17. The molecule has 1 aliphatic heterocycles. The lowest BCUT2D eigenvalue weighted by atomic mass is 9.78. The molecule has 0 spiro atoms. The van der Waals surface area contributed by atoms with Gasteiger partial charge in [0.1, 0.15) is 5.92 Å². The number of carbonyl (C=O) groups is 2. The van der Waals surface area contributed by atoms with Crippen LogP contribution in [0.25, 0.3) is 0 Å². The van der Waals surface area contributed by atoms with E-state index in [1.807, 2.05) is 52.8 Å². The zero-order chi connectivity index (χ0) is 15.1. The van der Waals surface area contributed by atoms with E-state index in [4.69, 9.17) is 0 Å². The van der Waals surface area contributed by atoms with Crippen molar-refractivity contribution >= 4 is 11.7 Å². The molecule has 108 valence electrons. The second-order valence-corrected chi connectivity index (χ2v) is 6.16. The minimum Gasteiger partial charge on any atom is -0.343 e. The molecule has 1 N–H and O–H groups in total. The zero-order valence-electron chi connectivity index (χ0n) is 12.9. The van der Waals surface area contributed by atoms with Gasteiger partial charge in [0.05, 0.1) is 5.54 Å². The second kappa shape index (κ2) is 5.04. The summed E-state index contributed by atoms with van der Waals surface area (Å²) in [6, 6.07) is 5.89. The van der Waals surface area contributed by atoms with Gasteiger partial charge < -0.3 is 5.32 Å². The maximum absolute atomic E-state index is 12.8. The Morgan fingerprint density at radius 1 is 1.30 bits per heavy atom. The van der Waals surface area contributed by atoms with E-state index in [0.717, 1.165) is 23.1 Å². The first-order chi connectivity index (χ1) is 9.31. The van der Waals surface area contributed by atoms with Crippen molar-refractivity contribution < 1.29 is 9.59 Å². The third-order valence-corrected chi connectivity index (χ3v) is 4.75. The number of nitrogens with one attached hydrogen (secondary N) is 1. The van der Waals surface area contributed by atoms with Gasteiger partial charge in [-0.3, -0.25) is 9.59 Å². The first-order valence-electron chi connectivity index (χ1n) is 7.24. The fraction of sp³-hybridized carbons (Fsp3) is 0.529. The average molecular weight is 273 g/mol. The van der Waals surface area contributed by atoms with Crippen LogP contribution in [0.5, 0.6) is 0 Å². The van der Waals surface area contributed by atoms with Gasteiger partial charge in [-0.05, 0) is 37.8 Å². The maximum Gasteiger partial charge on any atom is 0.235 e. The molecule has 3 heteroatoms. The molecule has 1 aromatic rings. The molecule has 3 unspecified atom stereocenters. The predicted molar refractivity (Wildman–Crippen MR) is 79.7 cm³/mol. The zero-order valence-corrected chi connectivity index (χ0v) is 12.9. The van der Waals surface area contributed by atoms with Crippen LogP contribution < -0.4 is 5.32 Å². The summed E-state index contributed by atoms with van der Waals surface area (Å²) in [5.74, 6) is -0.683. The molecule has 0 saturated carbocycles. The summed E-state index contributed by atoms with van der Waals surface area (Å²) in [7, 11) is 0. The molecule has 0 aromatic heterocycles. The molecule has 0 aliphatic carbocycles. The number of carbonyl (C=O) groups excluding carboxylic acids is 2. The van der Waals surface area contributed by atoms with Crippen molar-refractivity contribution in [3.63, 3.8) is 0 Å². The summed E-state index contributed by atoms with van der Waals surface area (Å²) in [6.07, 6.45) is 0.863. The minimum atomic E-state index is -0.742. The molecule has 1 aromatic carbocycles. The van der Waals surface area contributed by atoms with Crippen LogP contribution in [-0.2, 0) is 9.59 Å². The van der Waals surface area contributed by atoms with Gasteiger partial charge in [0.15, 0.2) is 5.78 Å². The number of benzene rings is 1. The van der Waals surface area contributed by atoms with Gasteiger partial charge in [-0.2, -0.15) is 0 Å². The minimum absolute atomic E-state index is 0.00352. The van der Waals surface area contributed by atoms with Crippen LogP contribution in [0.4, 0.5) is 0 Å². The highest BCUT2D eigenvalue weighted by Crippen LogP contribution is 2.36. The van der Waals surface area contributed by atoms with Crippen LogP contribution in [0.1, 0.15) is 49.8 Å². The Balaban J connectivity index is 2.44. The van der Waals surface area contributed by atoms with Crippen molar-refractivity contribution in [2.24, 2.45) is 5.92 Å². The molecule has 0 bridgehead atoms. The Bertz CT molecular complexity index is 564. The van der Waals surface area contributed by atoms with E-state index >= 15 is 0 Å². The largest absolute Gasteiger partial charge is 0.343 e.